The fourth-order valence-electron chi connectivity index (χ4n) is 4.18. The van der Waals surface area contributed by atoms with E-state index in [2.05, 4.69) is 10.2 Å². The summed E-state index contributed by atoms with van der Waals surface area (Å²) < 4.78 is 0. The number of carbonyl (C=O) groups excluding carboxylic acids is 3. The third-order valence-corrected chi connectivity index (χ3v) is 6.43. The number of amides is 3. The maximum absolute atomic E-state index is 12.8. The first-order valence-corrected chi connectivity index (χ1v) is 10.6. The summed E-state index contributed by atoms with van der Waals surface area (Å²) in [6, 6.07) is 11.2. The number of piperazine rings is 1. The number of nitrogens with zero attached hydrogens (tertiary/aromatic N) is 3. The molecule has 162 valence electrons. The topological polar surface area (TPSA) is 73.0 Å². The van der Waals surface area contributed by atoms with E-state index >= 15 is 0 Å². The molecule has 0 saturated carbocycles. The molecule has 0 spiro atoms. The Kier molecular flexibility index (Phi) is 5.62. The summed E-state index contributed by atoms with van der Waals surface area (Å²) in [4.78, 5) is 42.5. The van der Waals surface area contributed by atoms with E-state index in [1.54, 1.807) is 29.0 Å². The lowest BCUT2D eigenvalue weighted by atomic mass is 10.1. The van der Waals surface area contributed by atoms with Gasteiger partial charge in [-0.1, -0.05) is 17.7 Å². The molecule has 3 amide bonds. The third-order valence-electron chi connectivity index (χ3n) is 6.00. The average molecular weight is 441 g/mol. The standard InChI is InChI=1S/C23H25ClN4O3/c1-14-10-18(6-7-19(14)24)28-9-8-27(13-15(28)2)23(31)22(30)25-17-5-4-16-11-21(29)26(3)20(16)12-17/h4-7,10,12,15H,8-9,11,13H2,1-3H3,(H,25,30)/t15-/m1/s1. The highest BCUT2D eigenvalue weighted by atomic mass is 35.5. The number of nitrogens with one attached hydrogen (secondary N) is 1. The van der Waals surface area contributed by atoms with Crippen molar-refractivity contribution in [3.05, 3.63) is 52.5 Å². The Balaban J connectivity index is 1.40. The monoisotopic (exact) mass is 440 g/mol. The molecule has 2 aliphatic rings. The molecule has 8 heteroatoms. The van der Waals surface area contributed by atoms with Crippen LogP contribution in [0.15, 0.2) is 36.4 Å². The lowest BCUT2D eigenvalue weighted by Gasteiger charge is -2.41. The Morgan fingerprint density at radius 3 is 2.61 bits per heavy atom. The van der Waals surface area contributed by atoms with Crippen LogP contribution in [0.1, 0.15) is 18.1 Å². The fraction of sp³-hybridized carbons (Fsp3) is 0.348. The number of hydrogen-bond acceptors (Lipinski definition) is 4. The highest BCUT2D eigenvalue weighted by Gasteiger charge is 2.31. The highest BCUT2D eigenvalue weighted by Crippen LogP contribution is 2.30. The second kappa shape index (κ2) is 8.23. The van der Waals surface area contributed by atoms with Crippen LogP contribution >= 0.6 is 11.6 Å². The quantitative estimate of drug-likeness (QED) is 0.729. The molecule has 7 nitrogen and oxygen atoms in total. The summed E-state index contributed by atoms with van der Waals surface area (Å²) in [5, 5.41) is 3.41. The predicted octanol–water partition coefficient (Wildman–Crippen LogP) is 2.84. The van der Waals surface area contributed by atoms with Crippen molar-refractivity contribution < 1.29 is 14.4 Å². The Morgan fingerprint density at radius 2 is 1.90 bits per heavy atom. The number of anilines is 3. The summed E-state index contributed by atoms with van der Waals surface area (Å²) in [7, 11) is 1.70. The van der Waals surface area contributed by atoms with E-state index in [-0.39, 0.29) is 11.9 Å². The number of carbonyl (C=O) groups is 3. The molecule has 1 saturated heterocycles. The highest BCUT2D eigenvalue weighted by molar-refractivity contribution is 6.39. The van der Waals surface area contributed by atoms with Gasteiger partial charge in [-0.25, -0.2) is 0 Å². The van der Waals surface area contributed by atoms with E-state index in [1.165, 1.54) is 0 Å². The number of rotatable bonds is 2. The molecule has 2 heterocycles. The Bertz CT molecular complexity index is 1070. The van der Waals surface area contributed by atoms with Crippen LogP contribution in [-0.4, -0.2) is 55.3 Å². The minimum atomic E-state index is -0.671. The number of likely N-dealkylation sites (N-methyl/N-ethyl adjacent to an activating group) is 1. The van der Waals surface area contributed by atoms with Gasteiger partial charge in [0.1, 0.15) is 0 Å². The Labute approximate surface area is 186 Å². The maximum Gasteiger partial charge on any atom is 0.313 e. The molecular weight excluding hydrogens is 416 g/mol. The zero-order chi connectivity index (χ0) is 22.3. The molecule has 2 aromatic carbocycles. The molecule has 0 aromatic heterocycles. The molecule has 4 rings (SSSR count). The van der Waals surface area contributed by atoms with Gasteiger partial charge in [0.2, 0.25) is 5.91 Å². The summed E-state index contributed by atoms with van der Waals surface area (Å²) in [6.45, 7) is 5.55. The number of hydrogen-bond donors (Lipinski definition) is 1. The van der Waals surface area contributed by atoms with E-state index in [4.69, 9.17) is 11.6 Å². The van der Waals surface area contributed by atoms with Crippen LogP contribution in [-0.2, 0) is 20.8 Å². The number of benzene rings is 2. The van der Waals surface area contributed by atoms with E-state index in [0.29, 0.717) is 31.7 Å². The lowest BCUT2D eigenvalue weighted by molar-refractivity contribution is -0.143. The van der Waals surface area contributed by atoms with Gasteiger partial charge in [0.05, 0.1) is 6.42 Å². The second-order valence-corrected chi connectivity index (χ2v) is 8.56. The summed E-state index contributed by atoms with van der Waals surface area (Å²) >= 11 is 6.13. The summed E-state index contributed by atoms with van der Waals surface area (Å²) in [5.74, 6) is -1.21. The van der Waals surface area contributed by atoms with Gasteiger partial charge in [-0.2, -0.15) is 0 Å². The van der Waals surface area contributed by atoms with Crippen molar-refractivity contribution in [2.75, 3.05) is 41.8 Å². The van der Waals surface area contributed by atoms with Gasteiger partial charge in [0.15, 0.2) is 0 Å². The molecule has 2 aliphatic heterocycles. The summed E-state index contributed by atoms with van der Waals surface area (Å²) in [6.07, 6.45) is 0.355. The molecule has 1 N–H and O–H groups in total. The van der Waals surface area contributed by atoms with Crippen molar-refractivity contribution in [3.8, 4) is 0 Å². The SMILES string of the molecule is Cc1cc(N2CCN(C(=O)C(=O)Nc3ccc4c(c3)N(C)C(=O)C4)C[C@H]2C)ccc1Cl. The van der Waals surface area contributed by atoms with Crippen molar-refractivity contribution in [3.63, 3.8) is 0 Å². The molecule has 0 unspecified atom stereocenters. The Morgan fingerprint density at radius 1 is 1.13 bits per heavy atom. The smallest absolute Gasteiger partial charge is 0.313 e. The van der Waals surface area contributed by atoms with Crippen LogP contribution < -0.4 is 15.1 Å². The van der Waals surface area contributed by atoms with Gasteiger partial charge in [-0.3, -0.25) is 14.4 Å². The first kappa shape index (κ1) is 21.2. The van der Waals surface area contributed by atoms with Gasteiger partial charge in [0.25, 0.3) is 0 Å². The van der Waals surface area contributed by atoms with E-state index in [0.717, 1.165) is 27.5 Å². The number of fused-ring (bicyclic) bond motifs is 1. The molecule has 31 heavy (non-hydrogen) atoms. The number of halogens is 1. The zero-order valence-electron chi connectivity index (χ0n) is 17.8. The van der Waals surface area contributed by atoms with Crippen LogP contribution in [0.3, 0.4) is 0 Å². The first-order chi connectivity index (χ1) is 14.7. The van der Waals surface area contributed by atoms with Crippen molar-refractivity contribution in [1.29, 1.82) is 0 Å². The van der Waals surface area contributed by atoms with Crippen molar-refractivity contribution in [2.24, 2.45) is 0 Å². The van der Waals surface area contributed by atoms with Crippen LogP contribution in [0.2, 0.25) is 5.02 Å². The molecular formula is C23H25ClN4O3. The Hall–Kier alpha value is -3.06. The van der Waals surface area contributed by atoms with Gasteiger partial charge in [0, 0.05) is 54.8 Å². The van der Waals surface area contributed by atoms with E-state index < -0.39 is 11.8 Å². The van der Waals surface area contributed by atoms with Crippen molar-refractivity contribution >= 4 is 46.4 Å². The van der Waals surface area contributed by atoms with E-state index in [1.807, 2.05) is 38.1 Å². The van der Waals surface area contributed by atoms with Crippen LogP contribution in [0.4, 0.5) is 17.1 Å². The van der Waals surface area contributed by atoms with Gasteiger partial charge in [-0.05, 0) is 55.3 Å². The fourth-order valence-corrected chi connectivity index (χ4v) is 4.30. The minimum absolute atomic E-state index is 0.0114. The van der Waals surface area contributed by atoms with Crippen LogP contribution in [0.25, 0.3) is 0 Å². The molecule has 1 fully saturated rings. The van der Waals surface area contributed by atoms with E-state index in [9.17, 15) is 14.4 Å². The molecule has 0 aliphatic carbocycles. The molecule has 0 radical (unpaired) electrons. The lowest BCUT2D eigenvalue weighted by Crippen LogP contribution is -2.55. The first-order valence-electron chi connectivity index (χ1n) is 10.3. The minimum Gasteiger partial charge on any atom is -0.365 e. The zero-order valence-corrected chi connectivity index (χ0v) is 18.6. The molecule has 2 aromatic rings. The van der Waals surface area contributed by atoms with Gasteiger partial charge >= 0.3 is 11.8 Å². The summed E-state index contributed by atoms with van der Waals surface area (Å²) in [5.41, 5.74) is 4.24. The number of aryl methyl sites for hydroxylation is 1. The predicted molar refractivity (Wildman–Crippen MR) is 122 cm³/mol. The molecule has 1 atom stereocenters. The largest absolute Gasteiger partial charge is 0.365 e. The maximum atomic E-state index is 12.8. The van der Waals surface area contributed by atoms with Gasteiger partial charge < -0.3 is 20.0 Å². The third kappa shape index (κ3) is 4.10. The van der Waals surface area contributed by atoms with Crippen molar-refractivity contribution in [1.82, 2.24) is 4.90 Å². The molecule has 0 bridgehead atoms. The second-order valence-electron chi connectivity index (χ2n) is 8.15. The van der Waals surface area contributed by atoms with Gasteiger partial charge in [-0.15, -0.1) is 0 Å². The average Bonchev–Trinajstić information content (AvgIpc) is 3.03. The van der Waals surface area contributed by atoms with Crippen LogP contribution in [0.5, 0.6) is 0 Å². The van der Waals surface area contributed by atoms with Crippen molar-refractivity contribution in [2.45, 2.75) is 26.3 Å². The van der Waals surface area contributed by atoms with Crippen LogP contribution in [0, 0.1) is 6.92 Å². The normalized spacial score (nSPS) is 18.3.